The summed E-state index contributed by atoms with van der Waals surface area (Å²) < 4.78 is 4.30. The first-order chi connectivity index (χ1) is 2.81. The Morgan fingerprint density at radius 3 is 2.50 bits per heavy atom. The van der Waals surface area contributed by atoms with Crippen LogP contribution in [0.3, 0.4) is 0 Å². The van der Waals surface area contributed by atoms with Crippen LogP contribution in [-0.2, 0) is 9.53 Å². The van der Waals surface area contributed by atoms with Crippen LogP contribution in [0.15, 0.2) is 0 Å². The van der Waals surface area contributed by atoms with Crippen molar-refractivity contribution >= 4 is 16.2 Å². The van der Waals surface area contributed by atoms with Crippen LogP contribution in [0, 0.1) is 0 Å². The Bertz CT molecular complexity index is 46.8. The Morgan fingerprint density at radius 1 is 2.00 bits per heavy atom. The second kappa shape index (κ2) is 2.90. The molecule has 0 aliphatic heterocycles. The monoisotopic (exact) mass is 104 g/mol. The van der Waals surface area contributed by atoms with Crippen molar-refractivity contribution in [2.45, 2.75) is 6.04 Å². The Morgan fingerprint density at radius 2 is 2.50 bits per heavy atom. The highest BCUT2D eigenvalue weighted by Gasteiger charge is 1.87. The molecule has 6 heavy (non-hydrogen) atoms. The van der Waals surface area contributed by atoms with E-state index in [9.17, 15) is 4.79 Å². The summed E-state index contributed by atoms with van der Waals surface area (Å²) in [6.45, 7) is 0. The van der Waals surface area contributed by atoms with Crippen molar-refractivity contribution in [3.8, 4) is 0 Å². The number of rotatable bonds is 1. The molecule has 36 valence electrons. The van der Waals surface area contributed by atoms with Gasteiger partial charge in [0.1, 0.15) is 0 Å². The van der Waals surface area contributed by atoms with E-state index < -0.39 is 0 Å². The summed E-state index contributed by atoms with van der Waals surface area (Å²) in [4.78, 5) is 9.99. The number of hydrogen-bond acceptors (Lipinski definition) is 2. The molecule has 0 fully saturated rings. The Kier molecular flexibility index (Phi) is 2.75. The van der Waals surface area contributed by atoms with Gasteiger partial charge in [0.05, 0.1) is 7.11 Å². The maximum absolute atomic E-state index is 9.99. The van der Waals surface area contributed by atoms with Gasteiger partial charge in [-0.1, -0.05) is 0 Å². The molecule has 0 bridgehead atoms. The van der Waals surface area contributed by atoms with Crippen molar-refractivity contribution in [1.29, 1.82) is 0 Å². The molecular weight excluding hydrogens is 96.1 g/mol. The quantitative estimate of drug-likeness (QED) is 0.313. The van der Waals surface area contributed by atoms with Gasteiger partial charge in [-0.05, 0) is 0 Å². The van der Waals surface area contributed by atoms with E-state index in [0.29, 0.717) is 6.04 Å². The third-order valence-electron chi connectivity index (χ3n) is 0.516. The highest BCUT2D eigenvalue weighted by molar-refractivity contribution is 6.18. The van der Waals surface area contributed by atoms with E-state index in [0.717, 1.165) is 10.2 Å². The van der Waals surface area contributed by atoms with Crippen LogP contribution in [0.5, 0.6) is 0 Å². The molecule has 0 radical (unpaired) electrons. The normalized spacial score (nSPS) is 8.17. The molecule has 0 saturated carbocycles. The van der Waals surface area contributed by atoms with Crippen molar-refractivity contribution < 1.29 is 9.53 Å². The zero-order chi connectivity index (χ0) is 4.99. The minimum Gasteiger partial charge on any atom is -0.469 e. The predicted octanol–water partition coefficient (Wildman–Crippen LogP) is -1.06. The molecule has 0 rings (SSSR count). The molecule has 0 saturated heterocycles. The summed E-state index contributed by atoms with van der Waals surface area (Å²) in [7, 11) is 2.31. The van der Waals surface area contributed by atoms with Crippen LogP contribution in [0.4, 0.5) is 0 Å². The van der Waals surface area contributed by atoms with Gasteiger partial charge in [0, 0.05) is 16.3 Å². The van der Waals surface area contributed by atoms with E-state index in [-0.39, 0.29) is 5.97 Å². The number of ether oxygens (including phenoxy) is 1. The zero-order valence-corrected chi connectivity index (χ0v) is 6.02. The molecule has 0 spiro atoms. The van der Waals surface area contributed by atoms with E-state index in [4.69, 9.17) is 0 Å². The SMILES string of the molecule is COC(=O)C[SiH3]. The van der Waals surface area contributed by atoms with Crippen LogP contribution in [0.1, 0.15) is 0 Å². The standard InChI is InChI=1S/C3H8O2Si/c1-5-3(4)2-6/h2H2,1,6H3. The average molecular weight is 104 g/mol. The topological polar surface area (TPSA) is 26.3 Å². The summed E-state index contributed by atoms with van der Waals surface area (Å²) in [5.41, 5.74) is 0. The molecular formula is C3H8O2Si. The Labute approximate surface area is 39.9 Å². The lowest BCUT2D eigenvalue weighted by atomic mass is 10.8. The summed E-state index contributed by atoms with van der Waals surface area (Å²) in [5.74, 6) is -0.0957. The minimum atomic E-state index is -0.0957. The first-order valence-electron chi connectivity index (χ1n) is 1.88. The van der Waals surface area contributed by atoms with Gasteiger partial charge < -0.3 is 4.74 Å². The molecule has 0 N–H and O–H groups in total. The highest BCUT2D eigenvalue weighted by Crippen LogP contribution is 1.73. The van der Waals surface area contributed by atoms with E-state index in [1.165, 1.54) is 7.11 Å². The van der Waals surface area contributed by atoms with Crippen LogP contribution in [-0.4, -0.2) is 23.3 Å². The predicted molar refractivity (Wildman–Crippen MR) is 26.8 cm³/mol. The summed E-state index contributed by atoms with van der Waals surface area (Å²) in [5, 5.41) is 0. The fourth-order valence-electron chi connectivity index (χ4n) is 0.144. The molecule has 3 heteroatoms. The summed E-state index contributed by atoms with van der Waals surface area (Å²) >= 11 is 0. The molecule has 0 aromatic carbocycles. The second-order valence-electron chi connectivity index (χ2n) is 0.930. The van der Waals surface area contributed by atoms with Gasteiger partial charge in [-0.15, -0.1) is 0 Å². The maximum Gasteiger partial charge on any atom is 0.301 e. The summed E-state index contributed by atoms with van der Waals surface area (Å²) in [6, 6.07) is 0.608. The largest absolute Gasteiger partial charge is 0.469 e. The van der Waals surface area contributed by atoms with Gasteiger partial charge in [0.25, 0.3) is 0 Å². The lowest BCUT2D eigenvalue weighted by Crippen LogP contribution is -1.96. The minimum absolute atomic E-state index is 0.0957. The van der Waals surface area contributed by atoms with Crippen molar-refractivity contribution in [3.05, 3.63) is 0 Å². The first kappa shape index (κ1) is 5.69. The molecule has 0 aromatic heterocycles. The average Bonchev–Trinajstić information content (AvgIpc) is 1.65. The van der Waals surface area contributed by atoms with Crippen molar-refractivity contribution in [3.63, 3.8) is 0 Å². The summed E-state index contributed by atoms with van der Waals surface area (Å²) in [6.07, 6.45) is 0. The number of esters is 1. The van der Waals surface area contributed by atoms with Crippen LogP contribution < -0.4 is 0 Å². The number of carbonyl (C=O) groups excluding carboxylic acids is 1. The van der Waals surface area contributed by atoms with Gasteiger partial charge >= 0.3 is 5.97 Å². The van der Waals surface area contributed by atoms with E-state index in [2.05, 4.69) is 4.74 Å². The van der Waals surface area contributed by atoms with Gasteiger partial charge in [-0.25, -0.2) is 0 Å². The lowest BCUT2D eigenvalue weighted by molar-refractivity contribution is -0.137. The van der Waals surface area contributed by atoms with Crippen LogP contribution in [0.25, 0.3) is 0 Å². The van der Waals surface area contributed by atoms with Gasteiger partial charge in [0.2, 0.25) is 0 Å². The number of carbonyl (C=O) groups is 1. The van der Waals surface area contributed by atoms with Gasteiger partial charge in [0.15, 0.2) is 0 Å². The molecule has 0 aliphatic rings. The lowest BCUT2D eigenvalue weighted by Gasteiger charge is -1.87. The van der Waals surface area contributed by atoms with Crippen molar-refractivity contribution in [2.75, 3.05) is 7.11 Å². The third-order valence-corrected chi connectivity index (χ3v) is 1.09. The number of hydrogen-bond donors (Lipinski definition) is 0. The molecule has 0 aromatic rings. The van der Waals surface area contributed by atoms with E-state index >= 15 is 0 Å². The fourth-order valence-corrected chi connectivity index (χ4v) is 0.433. The van der Waals surface area contributed by atoms with Crippen LogP contribution in [0.2, 0.25) is 6.04 Å². The van der Waals surface area contributed by atoms with Gasteiger partial charge in [-0.2, -0.15) is 0 Å². The Balaban J connectivity index is 2.99. The molecule has 0 atom stereocenters. The second-order valence-corrected chi connectivity index (χ2v) is 1.64. The first-order valence-corrected chi connectivity index (χ1v) is 3.29. The van der Waals surface area contributed by atoms with E-state index in [1.54, 1.807) is 0 Å². The molecule has 0 heterocycles. The fraction of sp³-hybridized carbons (Fsp3) is 0.667. The van der Waals surface area contributed by atoms with Gasteiger partial charge in [-0.3, -0.25) is 4.79 Å². The van der Waals surface area contributed by atoms with Crippen molar-refractivity contribution in [1.82, 2.24) is 0 Å². The molecule has 2 nitrogen and oxygen atoms in total. The highest BCUT2D eigenvalue weighted by atomic mass is 28.1. The third kappa shape index (κ3) is 1.96. The van der Waals surface area contributed by atoms with Crippen molar-refractivity contribution in [2.24, 2.45) is 0 Å². The molecule has 0 unspecified atom stereocenters. The zero-order valence-electron chi connectivity index (χ0n) is 4.02. The van der Waals surface area contributed by atoms with Crippen LogP contribution >= 0.6 is 0 Å². The number of methoxy groups -OCH3 is 1. The molecule has 0 aliphatic carbocycles. The Hall–Kier alpha value is -0.313. The smallest absolute Gasteiger partial charge is 0.301 e. The van der Waals surface area contributed by atoms with E-state index in [1.807, 2.05) is 0 Å². The maximum atomic E-state index is 9.99. The molecule has 0 amide bonds.